The number of carbonyl (C=O) groups is 3. The average Bonchev–Trinajstić information content (AvgIpc) is 3.90. The zero-order valence-electron chi connectivity index (χ0n) is 35.1. The second-order valence-corrected chi connectivity index (χ2v) is 18.7. The lowest BCUT2D eigenvalue weighted by molar-refractivity contribution is -0.716. The van der Waals surface area contributed by atoms with Gasteiger partial charge in [-0.25, -0.2) is 10.1 Å². The first kappa shape index (κ1) is 43.3. The molecule has 0 radical (unpaired) electrons. The van der Waals surface area contributed by atoms with Gasteiger partial charge in [-0.3, -0.25) is 9.59 Å². The van der Waals surface area contributed by atoms with Crippen molar-refractivity contribution in [2.24, 2.45) is 41.4 Å². The number of hydrogen-bond donors (Lipinski definition) is 6. The van der Waals surface area contributed by atoms with Gasteiger partial charge in [0.25, 0.3) is 5.60 Å². The molecule has 11 nitrogen and oxygen atoms in total. The summed E-state index contributed by atoms with van der Waals surface area (Å²) in [5.41, 5.74) is -0.641. The maximum Gasteiger partial charge on any atom is 0.350 e. The fourth-order valence-electron chi connectivity index (χ4n) is 11.6. The van der Waals surface area contributed by atoms with Crippen LogP contribution in [0.3, 0.4) is 0 Å². The highest BCUT2D eigenvalue weighted by Crippen LogP contribution is 2.63. The Labute approximate surface area is 335 Å². The first-order valence-corrected chi connectivity index (χ1v) is 22.5. The van der Waals surface area contributed by atoms with Crippen molar-refractivity contribution in [1.82, 2.24) is 5.32 Å². The summed E-state index contributed by atoms with van der Waals surface area (Å²) in [6, 6.07) is 0.0828. The molecular weight excluding hydrogens is 709 g/mol. The van der Waals surface area contributed by atoms with Crippen LogP contribution in [-0.4, -0.2) is 97.3 Å². The molecule has 5 unspecified atom stereocenters. The number of ether oxygens (including phenoxy) is 2. The summed E-state index contributed by atoms with van der Waals surface area (Å²) in [7, 11) is 2.06. The van der Waals surface area contributed by atoms with Gasteiger partial charge in [0.05, 0.1) is 32.7 Å². The van der Waals surface area contributed by atoms with Gasteiger partial charge < -0.3 is 35.6 Å². The van der Waals surface area contributed by atoms with E-state index < -0.39 is 35.1 Å². The molecule has 56 heavy (non-hydrogen) atoms. The maximum absolute atomic E-state index is 15.2. The molecule has 0 aromatic carbocycles. The van der Waals surface area contributed by atoms with Crippen LogP contribution in [0.25, 0.3) is 0 Å². The van der Waals surface area contributed by atoms with Crippen LogP contribution in [0.1, 0.15) is 118 Å². The fraction of sp³-hybridized carbons (Fsp3) is 0.800. The van der Waals surface area contributed by atoms with Crippen molar-refractivity contribution >= 4 is 17.5 Å². The molecule has 9 N–H and O–H groups in total. The third-order valence-electron chi connectivity index (χ3n) is 14.5. The van der Waals surface area contributed by atoms with Crippen LogP contribution in [0, 0.1) is 41.4 Å². The van der Waals surface area contributed by atoms with Crippen LogP contribution in [0.15, 0.2) is 34.9 Å². The van der Waals surface area contributed by atoms with Gasteiger partial charge in [-0.2, -0.15) is 0 Å². The molecule has 6 aliphatic rings. The molecular formula is C45H75N4O7+3. The minimum Gasteiger partial charge on any atom is -0.459 e. The summed E-state index contributed by atoms with van der Waals surface area (Å²) < 4.78 is 13.2. The van der Waals surface area contributed by atoms with Crippen molar-refractivity contribution in [3.05, 3.63) is 34.9 Å². The minimum atomic E-state index is -2.02. The number of nitrogens with two attached hydrogens (primary N) is 3. The van der Waals surface area contributed by atoms with Gasteiger partial charge >= 0.3 is 5.97 Å². The number of fused-ring (bicyclic) bond motifs is 3. The zero-order valence-corrected chi connectivity index (χ0v) is 35.1. The number of nitrogens with one attached hydrogen (secondary N) is 1. The standard InChI is InChI=1S/C45H72N4O7/c1-6-47-37-24-32-12-8-7-11-31(32)23-36(37)38(15-10-20-50)55-43(54)45-42(53)40-33(21-28(2)3)13-9-14-35(40)41(52)44(45,56-45)25-34(26-51)29(4)16-17-30-18-19-48-39(22-30)49-27-46-5/h8,12,24,28,30-31,33,35-40,46-51H,6-7,9-11,13-23,25-27H2,1-5H3/p+3/t30?,31-,33?,35?,36+,37-,38-,39?,40?,44-,45-/m0/s1. The third kappa shape index (κ3) is 8.85. The van der Waals surface area contributed by atoms with Gasteiger partial charge in [0, 0.05) is 31.3 Å². The zero-order chi connectivity index (χ0) is 40.0. The van der Waals surface area contributed by atoms with Gasteiger partial charge in [-0.15, -0.1) is 0 Å². The number of aliphatic hydroxyl groups is 2. The van der Waals surface area contributed by atoms with Crippen molar-refractivity contribution in [2.75, 3.05) is 40.0 Å². The van der Waals surface area contributed by atoms with E-state index in [2.05, 4.69) is 67.3 Å². The first-order valence-electron chi connectivity index (χ1n) is 22.5. The van der Waals surface area contributed by atoms with Gasteiger partial charge in [0.2, 0.25) is 0 Å². The second kappa shape index (κ2) is 19.2. The molecule has 4 fully saturated rings. The monoisotopic (exact) mass is 784 g/mol. The largest absolute Gasteiger partial charge is 0.459 e. The van der Waals surface area contributed by atoms with Crippen LogP contribution in [-0.2, 0) is 23.9 Å². The number of aliphatic hydroxyl groups excluding tert-OH is 2. The highest BCUT2D eigenvalue weighted by Gasteiger charge is 2.87. The second-order valence-electron chi connectivity index (χ2n) is 18.7. The number of rotatable bonds is 19. The van der Waals surface area contributed by atoms with E-state index in [0.29, 0.717) is 48.8 Å². The summed E-state index contributed by atoms with van der Waals surface area (Å²) >= 11 is 0. The van der Waals surface area contributed by atoms with E-state index in [-0.39, 0.29) is 49.1 Å². The molecule has 4 aliphatic carbocycles. The number of epoxide rings is 1. The van der Waals surface area contributed by atoms with E-state index in [9.17, 15) is 10.2 Å². The van der Waals surface area contributed by atoms with Crippen LogP contribution >= 0.6 is 0 Å². The van der Waals surface area contributed by atoms with Crippen LogP contribution in [0.2, 0.25) is 0 Å². The summed E-state index contributed by atoms with van der Waals surface area (Å²) in [6.07, 6.45) is 17.6. The number of likely N-dealkylation sites (N-methyl/N-ethyl adjacent to an activating group) is 1. The number of piperidine rings is 1. The summed E-state index contributed by atoms with van der Waals surface area (Å²) in [6.45, 7) is 11.0. The Morgan fingerprint density at radius 2 is 1.96 bits per heavy atom. The highest BCUT2D eigenvalue weighted by atomic mass is 16.7. The smallest absolute Gasteiger partial charge is 0.350 e. The number of esters is 1. The van der Waals surface area contributed by atoms with E-state index in [1.165, 1.54) is 5.57 Å². The molecule has 0 amide bonds. The molecule has 2 saturated carbocycles. The molecule has 0 bridgehead atoms. The summed E-state index contributed by atoms with van der Waals surface area (Å²) in [4.78, 5) is 45.2. The molecule has 0 aromatic rings. The van der Waals surface area contributed by atoms with Crippen molar-refractivity contribution < 1.29 is 50.0 Å². The van der Waals surface area contributed by atoms with Gasteiger partial charge in [-0.05, 0) is 125 Å². The number of Topliss-reactive ketones (excluding diaryl/α,β-unsaturated/α-hetero) is 2. The van der Waals surface area contributed by atoms with Crippen molar-refractivity contribution in [3.63, 3.8) is 0 Å². The summed E-state index contributed by atoms with van der Waals surface area (Å²) in [5, 5.41) is 31.3. The lowest BCUT2D eigenvalue weighted by atomic mass is 9.56. The lowest BCUT2D eigenvalue weighted by Crippen LogP contribution is -2.97. The van der Waals surface area contributed by atoms with Crippen LogP contribution in [0.5, 0.6) is 0 Å². The number of carbonyl (C=O) groups excluding carboxylic acids is 3. The third-order valence-corrected chi connectivity index (χ3v) is 14.5. The summed E-state index contributed by atoms with van der Waals surface area (Å²) in [5.74, 6) is -0.997. The topological polar surface area (TPSA) is 175 Å². The predicted octanol–water partition coefficient (Wildman–Crippen LogP) is 1.79. The molecule has 0 aromatic heterocycles. The fourth-order valence-corrected chi connectivity index (χ4v) is 11.6. The number of hydrogen-bond acceptors (Lipinski definition) is 8. The maximum atomic E-state index is 15.2. The molecule has 11 heteroatoms. The van der Waals surface area contributed by atoms with E-state index in [1.54, 1.807) is 0 Å². The molecule has 314 valence electrons. The molecule has 2 aliphatic heterocycles. The normalized spacial score (nSPS) is 36.2. The first-order chi connectivity index (χ1) is 27.0. The van der Waals surface area contributed by atoms with Gasteiger partial charge in [0.1, 0.15) is 25.0 Å². The minimum absolute atomic E-state index is 0.00270. The Bertz CT molecular complexity index is 1490. The molecule has 0 spiro atoms. The van der Waals surface area contributed by atoms with Gasteiger partial charge in [0.15, 0.2) is 17.2 Å². The van der Waals surface area contributed by atoms with E-state index in [1.807, 2.05) is 6.92 Å². The Balaban J connectivity index is 1.30. The van der Waals surface area contributed by atoms with E-state index >= 15 is 14.4 Å². The molecule has 11 atom stereocenters. The Kier molecular flexibility index (Phi) is 14.9. The Morgan fingerprint density at radius 3 is 2.70 bits per heavy atom. The number of allylic oxidation sites excluding steroid dienone is 4. The van der Waals surface area contributed by atoms with Crippen LogP contribution in [0.4, 0.5) is 0 Å². The SMILES string of the molecule is CC[NH2+][C@H]1C=C2C=CCC[C@H]2C[C@H]1[C@H](CCCO)OC(=O)[C@]12O[C@@]1(CC(CO)=C(C)CCC1CC[NH2+]C(NC[NH2+]C)C1)C(=O)C1CCCC(CC(C)C)C1C2=O. The quantitative estimate of drug-likeness (QED) is 0.0378. The van der Waals surface area contributed by atoms with Gasteiger partial charge in [-0.1, -0.05) is 38.0 Å². The van der Waals surface area contributed by atoms with E-state index in [0.717, 1.165) is 89.5 Å². The lowest BCUT2D eigenvalue weighted by Gasteiger charge is -2.43. The van der Waals surface area contributed by atoms with Crippen molar-refractivity contribution in [3.8, 4) is 0 Å². The van der Waals surface area contributed by atoms with Crippen molar-refractivity contribution in [1.29, 1.82) is 0 Å². The number of quaternary nitrogens is 3. The Hall–Kier alpha value is -2.25. The molecule has 2 heterocycles. The Morgan fingerprint density at radius 1 is 1.14 bits per heavy atom. The van der Waals surface area contributed by atoms with Crippen LogP contribution < -0.4 is 21.3 Å². The molecule has 6 rings (SSSR count). The van der Waals surface area contributed by atoms with Crippen molar-refractivity contribution in [2.45, 2.75) is 147 Å². The average molecular weight is 784 g/mol. The molecule has 2 saturated heterocycles. The number of ketones is 2. The van der Waals surface area contributed by atoms with E-state index in [4.69, 9.17) is 9.47 Å². The predicted molar refractivity (Wildman–Crippen MR) is 214 cm³/mol. The highest BCUT2D eigenvalue weighted by molar-refractivity contribution is 6.23.